The number of thiol groups is 1. The molecule has 0 saturated carbocycles. The molecule has 3 aromatic carbocycles. The number of unbranched alkanes of at least 4 members (excludes halogenated alkanes) is 1. The van der Waals surface area contributed by atoms with Crippen LogP contribution in [-0.2, 0) is 62.4 Å². The third-order valence-corrected chi connectivity index (χ3v) is 13.0. The lowest BCUT2D eigenvalue weighted by atomic mass is 9.99. The first-order valence-electron chi connectivity index (χ1n) is 25.3. The molecule has 23 heteroatoms. The number of rotatable bonds is 31. The molecule has 0 saturated heterocycles. The van der Waals surface area contributed by atoms with Gasteiger partial charge in [0.25, 0.3) is 0 Å². The Labute approximate surface area is 447 Å². The van der Waals surface area contributed by atoms with Crippen molar-refractivity contribution in [1.82, 2.24) is 42.2 Å². The van der Waals surface area contributed by atoms with Crippen LogP contribution in [0.5, 0.6) is 5.75 Å². The Morgan fingerprint density at radius 3 is 1.59 bits per heavy atom. The smallest absolute Gasteiger partial charge is 0.244 e. The van der Waals surface area contributed by atoms with E-state index in [4.69, 9.17) is 22.9 Å². The Balaban J connectivity index is 1.69. The normalized spacial score (nSPS) is 14.4. The van der Waals surface area contributed by atoms with E-state index in [-0.39, 0.29) is 62.5 Å². The van der Waals surface area contributed by atoms with Crippen LogP contribution in [0.1, 0.15) is 76.5 Å². The molecule has 76 heavy (non-hydrogen) atoms. The number of carbonyl (C=O) groups excluding carboxylic acids is 9. The van der Waals surface area contributed by atoms with Gasteiger partial charge >= 0.3 is 0 Å². The number of amides is 9. The molecule has 0 radical (unpaired) electrons. The van der Waals surface area contributed by atoms with Gasteiger partial charge in [-0.3, -0.25) is 43.2 Å². The Morgan fingerprint density at radius 1 is 0.553 bits per heavy atom. The zero-order valence-electron chi connectivity index (χ0n) is 43.3. The fraction of sp³-hybridized carbons (Fsp3) is 0.453. The molecule has 17 N–H and O–H groups in total. The Bertz CT molecular complexity index is 2610. The maximum Gasteiger partial charge on any atom is 0.244 e. The average molecular weight is 1070 g/mol. The number of aromatic nitrogens is 1. The summed E-state index contributed by atoms with van der Waals surface area (Å²) in [6, 6.07) is 11.9. The van der Waals surface area contributed by atoms with Crippen LogP contribution in [0.4, 0.5) is 0 Å². The molecular formula is C53H74N12O10S. The summed E-state index contributed by atoms with van der Waals surface area (Å²) in [5.41, 5.74) is 25.2. The van der Waals surface area contributed by atoms with Crippen molar-refractivity contribution < 1.29 is 48.3 Å². The second-order valence-corrected chi connectivity index (χ2v) is 19.7. The second-order valence-electron chi connectivity index (χ2n) is 19.4. The van der Waals surface area contributed by atoms with Crippen molar-refractivity contribution >= 4 is 76.7 Å². The van der Waals surface area contributed by atoms with Gasteiger partial charge in [-0.25, -0.2) is 0 Å². The molecule has 0 aliphatic heterocycles. The lowest BCUT2D eigenvalue weighted by Gasteiger charge is -2.29. The molecule has 0 fully saturated rings. The van der Waals surface area contributed by atoms with Crippen molar-refractivity contribution in [2.45, 2.75) is 127 Å². The van der Waals surface area contributed by atoms with Gasteiger partial charge in [-0.05, 0) is 79.0 Å². The molecule has 22 nitrogen and oxygen atoms in total. The molecule has 412 valence electrons. The summed E-state index contributed by atoms with van der Waals surface area (Å²) in [6.45, 7) is 6.99. The fourth-order valence-corrected chi connectivity index (χ4v) is 8.47. The summed E-state index contributed by atoms with van der Waals surface area (Å²) in [4.78, 5) is 126. The minimum absolute atomic E-state index is 0.0304. The molecule has 9 amide bonds. The topological polar surface area (TPSA) is 378 Å². The van der Waals surface area contributed by atoms with E-state index in [1.54, 1.807) is 76.4 Å². The minimum Gasteiger partial charge on any atom is -0.508 e. The highest BCUT2D eigenvalue weighted by molar-refractivity contribution is 7.80. The second kappa shape index (κ2) is 30.2. The molecule has 0 aliphatic carbocycles. The van der Waals surface area contributed by atoms with Gasteiger partial charge in [-0.15, -0.1) is 0 Å². The van der Waals surface area contributed by atoms with Gasteiger partial charge in [0.15, 0.2) is 0 Å². The van der Waals surface area contributed by atoms with Gasteiger partial charge in [0.1, 0.15) is 48.0 Å². The minimum atomic E-state index is -1.39. The molecule has 0 bridgehead atoms. The number of aromatic amines is 1. The van der Waals surface area contributed by atoms with Gasteiger partial charge in [0, 0.05) is 48.5 Å². The highest BCUT2D eigenvalue weighted by Crippen LogP contribution is 2.20. The van der Waals surface area contributed by atoms with E-state index in [9.17, 15) is 48.3 Å². The average Bonchev–Trinajstić information content (AvgIpc) is 3.79. The highest BCUT2D eigenvalue weighted by Gasteiger charge is 2.35. The first-order valence-corrected chi connectivity index (χ1v) is 25.9. The van der Waals surface area contributed by atoms with Gasteiger partial charge in [-0.2, -0.15) is 12.6 Å². The monoisotopic (exact) mass is 1070 g/mol. The number of fused-ring (bicyclic) bond motifs is 1. The molecule has 8 atom stereocenters. The fourth-order valence-electron chi connectivity index (χ4n) is 8.22. The number of para-hydroxylation sites is 1. The van der Waals surface area contributed by atoms with Crippen LogP contribution in [0.25, 0.3) is 10.9 Å². The number of nitrogens with one attached hydrogen (secondary N) is 8. The Morgan fingerprint density at radius 2 is 1.04 bits per heavy atom. The van der Waals surface area contributed by atoms with Crippen LogP contribution < -0.4 is 60.2 Å². The SMILES string of the molecule is CC(C)[C@H](NC(=O)[C@H](CS)NC(=O)[C@H](Cc1ccc(O)cc1)NC(=O)[C@H](CCCCN)NC(=O)[C@H](Cc1c[nH]c2ccccc12)NC(=O)[C@H](Cc1ccccc1)NC(=O)[C@@H](NC(=O)[C@@H](N)CCC(N)=O)C(C)C)C(N)=O. The van der Waals surface area contributed by atoms with Gasteiger partial charge < -0.3 is 70.2 Å². The molecule has 4 aromatic rings. The largest absolute Gasteiger partial charge is 0.508 e. The van der Waals surface area contributed by atoms with Crippen molar-refractivity contribution in [2.24, 2.45) is 34.8 Å². The van der Waals surface area contributed by atoms with E-state index in [0.29, 0.717) is 29.5 Å². The van der Waals surface area contributed by atoms with E-state index in [2.05, 4.69) is 54.8 Å². The van der Waals surface area contributed by atoms with Crippen molar-refractivity contribution in [2.75, 3.05) is 12.3 Å². The zero-order valence-corrected chi connectivity index (χ0v) is 44.2. The first-order chi connectivity index (χ1) is 36.1. The number of hydrogen-bond acceptors (Lipinski definition) is 13. The maximum atomic E-state index is 14.9. The summed E-state index contributed by atoms with van der Waals surface area (Å²) in [5, 5.41) is 29.7. The predicted molar refractivity (Wildman–Crippen MR) is 290 cm³/mol. The first kappa shape index (κ1) is 61.1. The van der Waals surface area contributed by atoms with Crippen molar-refractivity contribution in [1.29, 1.82) is 0 Å². The van der Waals surface area contributed by atoms with Crippen molar-refractivity contribution in [3.05, 3.63) is 102 Å². The van der Waals surface area contributed by atoms with Crippen molar-refractivity contribution in [3.63, 3.8) is 0 Å². The van der Waals surface area contributed by atoms with Gasteiger partial charge in [-0.1, -0.05) is 88.4 Å². The third-order valence-electron chi connectivity index (χ3n) is 12.6. The van der Waals surface area contributed by atoms with Crippen molar-refractivity contribution in [3.8, 4) is 5.75 Å². The molecule has 0 aliphatic rings. The molecule has 0 unspecified atom stereocenters. The lowest BCUT2D eigenvalue weighted by molar-refractivity contribution is -0.136. The summed E-state index contributed by atoms with van der Waals surface area (Å²) in [6.07, 6.45) is 2.00. The van der Waals surface area contributed by atoms with E-state index in [1.165, 1.54) is 12.1 Å². The number of aromatic hydroxyl groups is 1. The van der Waals surface area contributed by atoms with Crippen LogP contribution in [0.3, 0.4) is 0 Å². The number of H-pyrrole nitrogens is 1. The van der Waals surface area contributed by atoms with E-state index < -0.39 is 107 Å². The standard InChI is InChI=1S/C53H74N12O10S/c1-29(2)44(46(57)68)64-52(74)42(28-76)63-50(72)39(25-32-17-19-34(66)20-18-32)60-48(70)38(16-10-11-23-54)59-51(73)41(26-33-27-58-37-15-9-8-14-35(33)37)61-49(71)40(24-31-12-6-5-7-13-31)62-53(75)45(30(3)4)65-47(69)36(55)21-22-43(56)67/h5-9,12-15,17-20,27,29-30,36,38-42,44-45,58,66,76H,10-11,16,21-26,28,54-55H2,1-4H3,(H2,56,67)(H2,57,68)(H,59,73)(H,60,70)(H,61,71)(H,62,75)(H,63,72)(H,64,74)(H,65,69)/t36-,38-,39-,40-,41-,42-,44-,45-/m0/s1. The molecule has 4 rings (SSSR count). The van der Waals surface area contributed by atoms with Crippen LogP contribution >= 0.6 is 12.6 Å². The Kier molecular flexibility index (Phi) is 24.2. The van der Waals surface area contributed by atoms with E-state index in [1.807, 2.05) is 24.3 Å². The number of nitrogens with two attached hydrogens (primary N) is 4. The Hall–Kier alpha value is -7.50. The number of phenolic OH excluding ortho intramolecular Hbond substituents is 1. The lowest BCUT2D eigenvalue weighted by Crippen LogP contribution is -2.61. The molecule has 0 spiro atoms. The quantitative estimate of drug-likeness (QED) is 0.0229. The molecule has 1 heterocycles. The van der Waals surface area contributed by atoms with Gasteiger partial charge in [0.2, 0.25) is 53.2 Å². The van der Waals surface area contributed by atoms with Crippen LogP contribution in [-0.4, -0.2) is 124 Å². The number of benzene rings is 3. The highest BCUT2D eigenvalue weighted by atomic mass is 32.1. The summed E-state index contributed by atoms with van der Waals surface area (Å²) in [5.74, 6) is -7.96. The van der Waals surface area contributed by atoms with E-state index in [0.717, 1.165) is 10.9 Å². The summed E-state index contributed by atoms with van der Waals surface area (Å²) >= 11 is 4.27. The predicted octanol–water partition coefficient (Wildman–Crippen LogP) is -0.256. The van der Waals surface area contributed by atoms with E-state index >= 15 is 0 Å². The van der Waals surface area contributed by atoms with Gasteiger partial charge in [0.05, 0.1) is 6.04 Å². The summed E-state index contributed by atoms with van der Waals surface area (Å²) in [7, 11) is 0. The number of phenols is 1. The number of primary amides is 2. The zero-order chi connectivity index (χ0) is 56.1. The number of carbonyl (C=O) groups is 9. The van der Waals surface area contributed by atoms with Crippen LogP contribution in [0.15, 0.2) is 85.1 Å². The van der Waals surface area contributed by atoms with Crippen LogP contribution in [0, 0.1) is 11.8 Å². The maximum absolute atomic E-state index is 14.9. The molecule has 1 aromatic heterocycles. The van der Waals surface area contributed by atoms with Crippen LogP contribution in [0.2, 0.25) is 0 Å². The number of hydrogen-bond donors (Lipinski definition) is 14. The molecular weight excluding hydrogens is 997 g/mol. The third kappa shape index (κ3) is 19.0. The summed E-state index contributed by atoms with van der Waals surface area (Å²) < 4.78 is 0.